The number of nitrogens with two attached hydrogens (primary N) is 1. The van der Waals surface area contributed by atoms with Crippen molar-refractivity contribution in [2.24, 2.45) is 5.73 Å². The molecule has 0 radical (unpaired) electrons. The van der Waals surface area contributed by atoms with Crippen LogP contribution in [0.3, 0.4) is 0 Å². The molecule has 14 heavy (non-hydrogen) atoms. The molecule has 0 saturated carbocycles. The van der Waals surface area contributed by atoms with Crippen LogP contribution in [0.15, 0.2) is 0 Å². The summed E-state index contributed by atoms with van der Waals surface area (Å²) in [6, 6.07) is -0.173. The van der Waals surface area contributed by atoms with Gasteiger partial charge >= 0.3 is 0 Å². The minimum atomic E-state index is -2.57. The highest BCUT2D eigenvalue weighted by Gasteiger charge is 2.44. The van der Waals surface area contributed by atoms with Gasteiger partial charge in [-0.25, -0.2) is 8.78 Å². The highest BCUT2D eigenvalue weighted by atomic mass is 19.3. The van der Waals surface area contributed by atoms with Crippen LogP contribution in [0.4, 0.5) is 8.78 Å². The molecule has 0 aromatic heterocycles. The third kappa shape index (κ3) is 3.15. The molecule has 1 aliphatic heterocycles. The zero-order chi connectivity index (χ0) is 10.6. The Balaban J connectivity index is 2.44. The van der Waals surface area contributed by atoms with Crippen molar-refractivity contribution >= 4 is 0 Å². The number of nitrogens with zero attached hydrogens (tertiary/aromatic N) is 1. The van der Waals surface area contributed by atoms with Crippen LogP contribution in [-0.2, 0) is 4.74 Å². The molecule has 0 unspecified atom stereocenters. The molecule has 1 fully saturated rings. The Morgan fingerprint density at radius 3 is 2.86 bits per heavy atom. The van der Waals surface area contributed by atoms with Gasteiger partial charge in [0.05, 0.1) is 13.2 Å². The molecule has 1 heterocycles. The molecule has 0 spiro atoms. The van der Waals surface area contributed by atoms with Crippen molar-refractivity contribution in [1.82, 2.24) is 4.90 Å². The van der Waals surface area contributed by atoms with Gasteiger partial charge in [0.25, 0.3) is 5.92 Å². The number of likely N-dealkylation sites (tertiary alicyclic amines) is 1. The molecule has 1 aliphatic rings. The van der Waals surface area contributed by atoms with E-state index in [1.54, 1.807) is 4.90 Å². The molecular formula is C9H18F2N2O. The molecule has 1 rings (SSSR count). The number of rotatable bonds is 5. The second kappa shape index (κ2) is 5.00. The number of halogens is 2. The predicted molar refractivity (Wildman–Crippen MR) is 50.5 cm³/mol. The summed E-state index contributed by atoms with van der Waals surface area (Å²) in [7, 11) is 0. The lowest BCUT2D eigenvalue weighted by molar-refractivity contribution is 0.0117. The average molecular weight is 208 g/mol. The summed E-state index contributed by atoms with van der Waals surface area (Å²) in [5.74, 6) is -2.57. The Morgan fingerprint density at radius 1 is 1.57 bits per heavy atom. The van der Waals surface area contributed by atoms with E-state index in [0.717, 1.165) is 0 Å². The monoisotopic (exact) mass is 208 g/mol. The van der Waals surface area contributed by atoms with E-state index in [1.165, 1.54) is 0 Å². The van der Waals surface area contributed by atoms with Crippen molar-refractivity contribution in [3.8, 4) is 0 Å². The van der Waals surface area contributed by atoms with E-state index in [0.29, 0.717) is 26.3 Å². The first kappa shape index (κ1) is 11.8. The van der Waals surface area contributed by atoms with Crippen molar-refractivity contribution in [3.63, 3.8) is 0 Å². The Kier molecular flexibility index (Phi) is 4.22. The van der Waals surface area contributed by atoms with Gasteiger partial charge in [-0.2, -0.15) is 0 Å². The van der Waals surface area contributed by atoms with E-state index in [1.807, 2.05) is 6.92 Å². The van der Waals surface area contributed by atoms with Crippen LogP contribution in [0.1, 0.15) is 13.3 Å². The lowest BCUT2D eigenvalue weighted by Crippen LogP contribution is -2.37. The molecule has 0 aromatic carbocycles. The van der Waals surface area contributed by atoms with Crippen molar-refractivity contribution in [2.75, 3.05) is 32.8 Å². The summed E-state index contributed by atoms with van der Waals surface area (Å²) < 4.78 is 31.3. The third-order valence-electron chi connectivity index (χ3n) is 2.42. The van der Waals surface area contributed by atoms with E-state index in [2.05, 4.69) is 0 Å². The fourth-order valence-electron chi connectivity index (χ4n) is 1.81. The van der Waals surface area contributed by atoms with Gasteiger partial charge in [-0.1, -0.05) is 0 Å². The second-order valence-electron chi connectivity index (χ2n) is 3.63. The highest BCUT2D eigenvalue weighted by molar-refractivity contribution is 4.90. The van der Waals surface area contributed by atoms with E-state index in [4.69, 9.17) is 10.5 Å². The van der Waals surface area contributed by atoms with E-state index >= 15 is 0 Å². The Hall–Kier alpha value is -0.260. The van der Waals surface area contributed by atoms with E-state index < -0.39 is 5.92 Å². The van der Waals surface area contributed by atoms with Gasteiger partial charge in [-0.05, 0) is 6.92 Å². The summed E-state index contributed by atoms with van der Waals surface area (Å²) in [5, 5.41) is 0. The predicted octanol–water partition coefficient (Wildman–Crippen LogP) is 0.691. The first-order valence-electron chi connectivity index (χ1n) is 4.98. The van der Waals surface area contributed by atoms with Crippen molar-refractivity contribution in [1.29, 1.82) is 0 Å². The SMILES string of the molecule is CCOC[C@H]1CC(F)(F)CN1CCN. The van der Waals surface area contributed by atoms with Crippen molar-refractivity contribution in [3.05, 3.63) is 0 Å². The lowest BCUT2D eigenvalue weighted by atomic mass is 10.2. The quantitative estimate of drug-likeness (QED) is 0.722. The van der Waals surface area contributed by atoms with Crippen molar-refractivity contribution in [2.45, 2.75) is 25.3 Å². The largest absolute Gasteiger partial charge is 0.380 e. The second-order valence-corrected chi connectivity index (χ2v) is 3.63. The van der Waals surface area contributed by atoms with Crippen LogP contribution in [0, 0.1) is 0 Å². The molecule has 84 valence electrons. The number of alkyl halides is 2. The summed E-state index contributed by atoms with van der Waals surface area (Å²) in [6.45, 7) is 3.57. The summed E-state index contributed by atoms with van der Waals surface area (Å²) in [6.07, 6.45) is -0.104. The van der Waals surface area contributed by atoms with Gasteiger partial charge in [0.1, 0.15) is 0 Å². The summed E-state index contributed by atoms with van der Waals surface area (Å²) >= 11 is 0. The molecule has 3 nitrogen and oxygen atoms in total. The van der Waals surface area contributed by atoms with Gasteiger partial charge in [0, 0.05) is 32.2 Å². The smallest absolute Gasteiger partial charge is 0.262 e. The minimum absolute atomic E-state index is 0.104. The van der Waals surface area contributed by atoms with Crippen LogP contribution >= 0.6 is 0 Å². The average Bonchev–Trinajstić information content (AvgIpc) is 2.38. The maximum absolute atomic E-state index is 13.1. The minimum Gasteiger partial charge on any atom is -0.380 e. The maximum atomic E-state index is 13.1. The molecule has 5 heteroatoms. The topological polar surface area (TPSA) is 38.5 Å². The van der Waals surface area contributed by atoms with Gasteiger partial charge in [-0.3, -0.25) is 4.90 Å². The molecule has 1 saturated heterocycles. The van der Waals surface area contributed by atoms with Crippen LogP contribution in [0.5, 0.6) is 0 Å². The Morgan fingerprint density at radius 2 is 2.29 bits per heavy atom. The van der Waals surface area contributed by atoms with Crippen LogP contribution in [0.25, 0.3) is 0 Å². The first-order valence-corrected chi connectivity index (χ1v) is 4.98. The van der Waals surface area contributed by atoms with Gasteiger partial charge in [0.15, 0.2) is 0 Å². The fourth-order valence-corrected chi connectivity index (χ4v) is 1.81. The van der Waals surface area contributed by atoms with Crippen LogP contribution < -0.4 is 5.73 Å². The Labute approximate surface area is 83.2 Å². The molecular weight excluding hydrogens is 190 g/mol. The van der Waals surface area contributed by atoms with Crippen LogP contribution in [-0.4, -0.2) is 49.7 Å². The normalized spacial score (nSPS) is 27.0. The summed E-state index contributed by atoms with van der Waals surface area (Å²) in [5.41, 5.74) is 5.36. The summed E-state index contributed by atoms with van der Waals surface area (Å²) in [4.78, 5) is 1.72. The van der Waals surface area contributed by atoms with E-state index in [-0.39, 0.29) is 19.0 Å². The first-order chi connectivity index (χ1) is 6.59. The standard InChI is InChI=1S/C9H18F2N2O/c1-2-14-6-8-5-9(10,11)7-13(8)4-3-12/h8H,2-7,12H2,1H3/t8-/m1/s1. The highest BCUT2D eigenvalue weighted by Crippen LogP contribution is 2.31. The number of ether oxygens (including phenoxy) is 1. The number of hydrogen-bond donors (Lipinski definition) is 1. The molecule has 1 atom stereocenters. The molecule has 0 aromatic rings. The Bertz CT molecular complexity index is 178. The maximum Gasteiger partial charge on any atom is 0.262 e. The lowest BCUT2D eigenvalue weighted by Gasteiger charge is -2.22. The zero-order valence-corrected chi connectivity index (χ0v) is 8.51. The van der Waals surface area contributed by atoms with Crippen molar-refractivity contribution < 1.29 is 13.5 Å². The fraction of sp³-hybridized carbons (Fsp3) is 1.00. The molecule has 0 bridgehead atoms. The van der Waals surface area contributed by atoms with Gasteiger partial charge < -0.3 is 10.5 Å². The zero-order valence-electron chi connectivity index (χ0n) is 8.51. The molecule has 0 aliphatic carbocycles. The van der Waals surface area contributed by atoms with E-state index in [9.17, 15) is 8.78 Å². The molecule has 2 N–H and O–H groups in total. The number of hydrogen-bond acceptors (Lipinski definition) is 3. The molecule has 0 amide bonds. The third-order valence-corrected chi connectivity index (χ3v) is 2.42. The van der Waals surface area contributed by atoms with Gasteiger partial charge in [-0.15, -0.1) is 0 Å². The van der Waals surface area contributed by atoms with Crippen LogP contribution in [0.2, 0.25) is 0 Å². The van der Waals surface area contributed by atoms with Gasteiger partial charge in [0.2, 0.25) is 0 Å².